The van der Waals surface area contributed by atoms with Crippen molar-refractivity contribution in [3.8, 4) is 28.6 Å². The molecule has 0 radical (unpaired) electrons. The molecule has 0 N–H and O–H groups in total. The maximum absolute atomic E-state index is 9.61. The van der Waals surface area contributed by atoms with Gasteiger partial charge in [0.1, 0.15) is 0 Å². The van der Waals surface area contributed by atoms with Crippen molar-refractivity contribution in [3.05, 3.63) is 181 Å². The Morgan fingerprint density at radius 2 is 0.750 bits per heavy atom. The maximum Gasteiger partial charge on any atom is 0.0992 e. The number of hydrogen-bond donors (Lipinski definition) is 0. The van der Waals surface area contributed by atoms with Gasteiger partial charge in [0.2, 0.25) is 0 Å². The van der Waals surface area contributed by atoms with E-state index in [9.17, 15) is 5.26 Å². The Bertz CT molecular complexity index is 3280. The van der Waals surface area contributed by atoms with E-state index in [-0.39, 0.29) is 0 Å². The summed E-state index contributed by atoms with van der Waals surface area (Å²) in [5.74, 6) is 0. The molecule has 0 spiro atoms. The van der Waals surface area contributed by atoms with Crippen LogP contribution in [-0.4, -0.2) is 9.13 Å². The topological polar surface area (TPSA) is 33.6 Å². The first-order chi connectivity index (χ1) is 25.7. The molecule has 0 aliphatic heterocycles. The molecule has 2 aromatic heterocycles. The van der Waals surface area contributed by atoms with Gasteiger partial charge in [0, 0.05) is 32.9 Å². The molecule has 0 aliphatic rings. The van der Waals surface area contributed by atoms with Gasteiger partial charge in [-0.25, -0.2) is 0 Å². The van der Waals surface area contributed by atoms with Crippen LogP contribution in [0.25, 0.3) is 98.4 Å². The van der Waals surface area contributed by atoms with E-state index < -0.39 is 0 Å². The lowest BCUT2D eigenvalue weighted by Crippen LogP contribution is -1.94. The first kappa shape index (κ1) is 28.7. The summed E-state index contributed by atoms with van der Waals surface area (Å²) in [6.45, 7) is 0. The van der Waals surface area contributed by atoms with Gasteiger partial charge in [-0.2, -0.15) is 5.26 Å². The molecule has 0 aliphatic carbocycles. The largest absolute Gasteiger partial charge is 0.309 e. The third-order valence-corrected chi connectivity index (χ3v) is 10.9. The van der Waals surface area contributed by atoms with E-state index in [1.54, 1.807) is 0 Å². The molecular formula is C49H29N3. The number of aromatic nitrogens is 2. The van der Waals surface area contributed by atoms with Gasteiger partial charge in [0.25, 0.3) is 0 Å². The maximum atomic E-state index is 9.61. The van der Waals surface area contributed by atoms with Gasteiger partial charge in [-0.15, -0.1) is 0 Å². The predicted molar refractivity (Wildman–Crippen MR) is 218 cm³/mol. The molecule has 0 saturated carbocycles. The SMILES string of the molecule is N#Cc1cccc(-n2c3ccccc3c3cc(-c4ccc5c(c4)c4ccccc4n5-c4ccc5c6ccccc6c6ccccc6c5c4)ccc32)c1. The summed E-state index contributed by atoms with van der Waals surface area (Å²) in [7, 11) is 0. The van der Waals surface area contributed by atoms with Crippen molar-refractivity contribution in [1.82, 2.24) is 9.13 Å². The molecular weight excluding hydrogens is 631 g/mol. The van der Waals surface area contributed by atoms with E-state index in [0.717, 1.165) is 22.4 Å². The van der Waals surface area contributed by atoms with Crippen LogP contribution in [0, 0.1) is 11.3 Å². The molecule has 3 heteroatoms. The summed E-state index contributed by atoms with van der Waals surface area (Å²) >= 11 is 0. The second kappa shape index (κ2) is 10.9. The first-order valence-corrected chi connectivity index (χ1v) is 17.7. The zero-order chi connectivity index (χ0) is 34.3. The summed E-state index contributed by atoms with van der Waals surface area (Å²) in [6, 6.07) is 65.6. The fourth-order valence-corrected chi connectivity index (χ4v) is 8.61. The van der Waals surface area contributed by atoms with Crippen molar-refractivity contribution in [2.75, 3.05) is 0 Å². The highest BCUT2D eigenvalue weighted by Crippen LogP contribution is 2.40. The van der Waals surface area contributed by atoms with E-state index >= 15 is 0 Å². The van der Waals surface area contributed by atoms with Crippen molar-refractivity contribution < 1.29 is 0 Å². The number of rotatable bonds is 3. The Balaban J connectivity index is 1.11. The monoisotopic (exact) mass is 659 g/mol. The van der Waals surface area contributed by atoms with Crippen molar-refractivity contribution in [3.63, 3.8) is 0 Å². The third kappa shape index (κ3) is 4.07. The predicted octanol–water partition coefficient (Wildman–Crippen LogP) is 12.9. The quantitative estimate of drug-likeness (QED) is 0.174. The van der Waals surface area contributed by atoms with Crippen molar-refractivity contribution in [2.45, 2.75) is 0 Å². The minimum Gasteiger partial charge on any atom is -0.309 e. The molecule has 9 aromatic carbocycles. The molecule has 52 heavy (non-hydrogen) atoms. The lowest BCUT2D eigenvalue weighted by molar-refractivity contribution is 1.18. The lowest BCUT2D eigenvalue weighted by Gasteiger charge is -2.14. The molecule has 240 valence electrons. The van der Waals surface area contributed by atoms with Crippen molar-refractivity contribution in [2.24, 2.45) is 0 Å². The first-order valence-electron chi connectivity index (χ1n) is 17.7. The Morgan fingerprint density at radius 3 is 1.29 bits per heavy atom. The van der Waals surface area contributed by atoms with Crippen LogP contribution >= 0.6 is 0 Å². The molecule has 0 fully saturated rings. The smallest absolute Gasteiger partial charge is 0.0992 e. The minimum atomic E-state index is 0.651. The van der Waals surface area contributed by atoms with Crippen LogP contribution in [0.15, 0.2) is 176 Å². The second-order valence-electron chi connectivity index (χ2n) is 13.7. The van der Waals surface area contributed by atoms with Gasteiger partial charge >= 0.3 is 0 Å². The van der Waals surface area contributed by atoms with Gasteiger partial charge < -0.3 is 9.13 Å². The van der Waals surface area contributed by atoms with Gasteiger partial charge in [-0.05, 0) is 110 Å². The molecule has 0 unspecified atom stereocenters. The third-order valence-electron chi connectivity index (χ3n) is 10.9. The summed E-state index contributed by atoms with van der Waals surface area (Å²) in [5, 5.41) is 22.1. The summed E-state index contributed by atoms with van der Waals surface area (Å²) in [4.78, 5) is 0. The van der Waals surface area contributed by atoms with E-state index in [1.165, 1.54) is 76.0 Å². The molecule has 0 atom stereocenters. The van der Waals surface area contributed by atoms with Crippen molar-refractivity contribution >= 4 is 75.9 Å². The van der Waals surface area contributed by atoms with E-state index in [4.69, 9.17) is 0 Å². The van der Waals surface area contributed by atoms with Crippen molar-refractivity contribution in [1.29, 1.82) is 5.26 Å². The van der Waals surface area contributed by atoms with Crippen LogP contribution in [-0.2, 0) is 0 Å². The number of nitrogens with zero attached hydrogens (tertiary/aromatic N) is 3. The van der Waals surface area contributed by atoms with E-state index in [2.05, 4.69) is 173 Å². The molecule has 11 rings (SSSR count). The zero-order valence-corrected chi connectivity index (χ0v) is 28.1. The fraction of sp³-hybridized carbons (Fsp3) is 0. The standard InChI is InChI=1S/C49H29N3/c50-30-31-10-9-11-34(26-31)51-46-18-7-5-16-41(46)44-27-32(20-24-48(44)51)33-21-25-49-45(28-33)42-17-6-8-19-47(42)52(49)35-22-23-40-38-14-2-1-12-36(38)37-13-3-4-15-39(37)43(40)29-35/h1-29H. The average molecular weight is 660 g/mol. The number of para-hydroxylation sites is 2. The Morgan fingerprint density at radius 1 is 0.308 bits per heavy atom. The van der Waals surface area contributed by atoms with Gasteiger partial charge in [0.15, 0.2) is 0 Å². The van der Waals surface area contributed by atoms with Gasteiger partial charge in [0.05, 0.1) is 33.7 Å². The van der Waals surface area contributed by atoms with Crippen LogP contribution in [0.1, 0.15) is 5.56 Å². The van der Waals surface area contributed by atoms with E-state index in [1.807, 2.05) is 18.2 Å². The molecule has 0 saturated heterocycles. The van der Waals surface area contributed by atoms with Gasteiger partial charge in [-0.1, -0.05) is 109 Å². The highest BCUT2D eigenvalue weighted by Gasteiger charge is 2.17. The Labute approximate surface area is 299 Å². The summed E-state index contributed by atoms with van der Waals surface area (Å²) < 4.78 is 4.69. The number of hydrogen-bond acceptors (Lipinski definition) is 1. The highest BCUT2D eigenvalue weighted by atomic mass is 15.0. The average Bonchev–Trinajstić information content (AvgIpc) is 3.73. The van der Waals surface area contributed by atoms with Gasteiger partial charge in [-0.3, -0.25) is 0 Å². The van der Waals surface area contributed by atoms with Crippen LogP contribution in [0.4, 0.5) is 0 Å². The Hall–Kier alpha value is -7.15. The van der Waals surface area contributed by atoms with E-state index in [0.29, 0.717) is 5.56 Å². The number of fused-ring (bicyclic) bond motifs is 12. The van der Waals surface area contributed by atoms with Crippen LogP contribution < -0.4 is 0 Å². The highest BCUT2D eigenvalue weighted by molar-refractivity contribution is 6.25. The molecule has 11 aromatic rings. The fourth-order valence-electron chi connectivity index (χ4n) is 8.61. The second-order valence-corrected chi connectivity index (χ2v) is 13.7. The molecule has 3 nitrogen and oxygen atoms in total. The minimum absolute atomic E-state index is 0.651. The molecule has 0 amide bonds. The molecule has 0 bridgehead atoms. The van der Waals surface area contributed by atoms with Crippen LogP contribution in [0.2, 0.25) is 0 Å². The Kier molecular flexibility index (Phi) is 6.02. The van der Waals surface area contributed by atoms with Crippen LogP contribution in [0.5, 0.6) is 0 Å². The summed E-state index contributed by atoms with van der Waals surface area (Å²) in [5.41, 5.74) is 9.76. The molecule has 2 heterocycles. The summed E-state index contributed by atoms with van der Waals surface area (Å²) in [6.07, 6.45) is 0. The van der Waals surface area contributed by atoms with Crippen LogP contribution in [0.3, 0.4) is 0 Å². The normalized spacial score (nSPS) is 11.8. The number of benzene rings is 9. The zero-order valence-electron chi connectivity index (χ0n) is 28.1. The number of nitriles is 1. The lowest BCUT2D eigenvalue weighted by atomic mass is 9.94.